The fourth-order valence-corrected chi connectivity index (χ4v) is 3.10. The van der Waals surface area contributed by atoms with Gasteiger partial charge in [0.25, 0.3) is 5.91 Å². The van der Waals surface area contributed by atoms with Gasteiger partial charge >= 0.3 is 0 Å². The van der Waals surface area contributed by atoms with Crippen molar-refractivity contribution in [3.05, 3.63) is 51.5 Å². The van der Waals surface area contributed by atoms with Gasteiger partial charge in [-0.05, 0) is 24.0 Å². The zero-order valence-electron chi connectivity index (χ0n) is 10.4. The minimum Gasteiger partial charge on any atom is -0.344 e. The number of fused-ring (bicyclic) bond motifs is 1. The lowest BCUT2D eigenvalue weighted by atomic mass is 10.1. The molecule has 0 saturated carbocycles. The van der Waals surface area contributed by atoms with Gasteiger partial charge in [-0.3, -0.25) is 4.79 Å². The van der Waals surface area contributed by atoms with Crippen LogP contribution in [0.3, 0.4) is 0 Å². The van der Waals surface area contributed by atoms with Crippen molar-refractivity contribution in [2.24, 2.45) is 5.73 Å². The predicted octanol–water partition coefficient (Wildman–Crippen LogP) is 2.02. The first-order chi connectivity index (χ1) is 9.28. The number of amides is 1. The van der Waals surface area contributed by atoms with Crippen molar-refractivity contribution in [2.45, 2.75) is 25.4 Å². The summed E-state index contributed by atoms with van der Waals surface area (Å²) in [7, 11) is 0. The van der Waals surface area contributed by atoms with E-state index in [0.29, 0.717) is 12.2 Å². The molecule has 1 aliphatic carbocycles. The molecule has 19 heavy (non-hydrogen) atoms. The van der Waals surface area contributed by atoms with Crippen LogP contribution in [0.2, 0.25) is 0 Å². The number of hydrogen-bond acceptors (Lipinski definition) is 4. The Labute approximate surface area is 115 Å². The van der Waals surface area contributed by atoms with E-state index in [0.717, 1.165) is 17.8 Å². The Morgan fingerprint density at radius 2 is 2.32 bits per heavy atom. The van der Waals surface area contributed by atoms with Gasteiger partial charge in [0.1, 0.15) is 10.7 Å². The van der Waals surface area contributed by atoms with E-state index in [1.807, 2.05) is 12.1 Å². The van der Waals surface area contributed by atoms with E-state index in [2.05, 4.69) is 22.4 Å². The second-order valence-electron chi connectivity index (χ2n) is 4.59. The van der Waals surface area contributed by atoms with Crippen LogP contribution in [0.4, 0.5) is 0 Å². The molecular weight excluding hydrogens is 258 g/mol. The number of carbonyl (C=O) groups excluding carboxylic acids is 1. The summed E-state index contributed by atoms with van der Waals surface area (Å²) in [5.41, 5.74) is 8.53. The molecule has 1 unspecified atom stereocenters. The Morgan fingerprint density at radius 1 is 1.47 bits per heavy atom. The number of rotatable bonds is 3. The van der Waals surface area contributed by atoms with Crippen LogP contribution in [0.25, 0.3) is 0 Å². The van der Waals surface area contributed by atoms with Crippen LogP contribution in [0.15, 0.2) is 29.6 Å². The number of benzene rings is 1. The van der Waals surface area contributed by atoms with Gasteiger partial charge in [0.05, 0.1) is 6.04 Å². The summed E-state index contributed by atoms with van der Waals surface area (Å²) in [6, 6.07) is 8.36. The van der Waals surface area contributed by atoms with Crippen LogP contribution in [0.1, 0.15) is 39.1 Å². The molecule has 1 atom stereocenters. The van der Waals surface area contributed by atoms with E-state index < -0.39 is 0 Å². The van der Waals surface area contributed by atoms with Crippen LogP contribution < -0.4 is 11.1 Å². The molecule has 1 aromatic carbocycles. The first kappa shape index (κ1) is 12.3. The first-order valence-electron chi connectivity index (χ1n) is 6.31. The van der Waals surface area contributed by atoms with E-state index in [-0.39, 0.29) is 11.9 Å². The number of nitrogens with zero attached hydrogens (tertiary/aromatic N) is 1. The summed E-state index contributed by atoms with van der Waals surface area (Å²) < 4.78 is 0. The van der Waals surface area contributed by atoms with E-state index in [1.165, 1.54) is 22.5 Å². The summed E-state index contributed by atoms with van der Waals surface area (Å²) >= 11 is 1.42. The van der Waals surface area contributed by atoms with Gasteiger partial charge in [0.15, 0.2) is 0 Å². The molecule has 0 saturated heterocycles. The molecule has 0 fully saturated rings. The highest BCUT2D eigenvalue weighted by molar-refractivity contribution is 7.09. The molecule has 2 aromatic rings. The summed E-state index contributed by atoms with van der Waals surface area (Å²) in [6.07, 6.45) is 1.98. The molecule has 0 spiro atoms. The quantitative estimate of drug-likeness (QED) is 0.899. The Kier molecular flexibility index (Phi) is 3.31. The highest BCUT2D eigenvalue weighted by Gasteiger charge is 2.24. The Hall–Kier alpha value is -1.72. The Balaban J connectivity index is 1.74. The minimum atomic E-state index is -0.113. The van der Waals surface area contributed by atoms with Crippen molar-refractivity contribution in [1.29, 1.82) is 0 Å². The number of aromatic nitrogens is 1. The number of nitrogens with one attached hydrogen (secondary N) is 1. The summed E-state index contributed by atoms with van der Waals surface area (Å²) in [4.78, 5) is 16.3. The summed E-state index contributed by atoms with van der Waals surface area (Å²) in [5, 5.41) is 5.60. The third kappa shape index (κ3) is 2.39. The third-order valence-electron chi connectivity index (χ3n) is 3.40. The van der Waals surface area contributed by atoms with Crippen molar-refractivity contribution in [2.75, 3.05) is 0 Å². The van der Waals surface area contributed by atoms with Crippen molar-refractivity contribution in [1.82, 2.24) is 10.3 Å². The molecule has 3 N–H and O–H groups in total. The molecule has 0 bridgehead atoms. The summed E-state index contributed by atoms with van der Waals surface area (Å²) in [5.74, 6) is -0.113. The van der Waals surface area contributed by atoms with E-state index in [9.17, 15) is 4.79 Å². The standard InChI is InChI=1S/C14H15N3OS/c15-7-13-16-12(8-19-13)14(18)17-11-6-5-9-3-1-2-4-10(9)11/h1-4,8,11H,5-7,15H2,(H,17,18). The van der Waals surface area contributed by atoms with Crippen LogP contribution in [-0.2, 0) is 13.0 Å². The highest BCUT2D eigenvalue weighted by atomic mass is 32.1. The van der Waals surface area contributed by atoms with Crippen molar-refractivity contribution in [3.63, 3.8) is 0 Å². The van der Waals surface area contributed by atoms with Gasteiger partial charge in [-0.1, -0.05) is 24.3 Å². The zero-order valence-corrected chi connectivity index (χ0v) is 11.2. The third-order valence-corrected chi connectivity index (χ3v) is 4.27. The molecule has 1 heterocycles. The van der Waals surface area contributed by atoms with E-state index >= 15 is 0 Å². The molecule has 1 aromatic heterocycles. The van der Waals surface area contributed by atoms with Gasteiger partial charge in [0, 0.05) is 11.9 Å². The first-order valence-corrected chi connectivity index (χ1v) is 7.19. The Morgan fingerprint density at radius 3 is 3.11 bits per heavy atom. The molecule has 0 radical (unpaired) electrons. The van der Waals surface area contributed by atoms with Crippen LogP contribution >= 0.6 is 11.3 Å². The number of aryl methyl sites for hydroxylation is 1. The molecule has 1 amide bonds. The monoisotopic (exact) mass is 273 g/mol. The smallest absolute Gasteiger partial charge is 0.271 e. The largest absolute Gasteiger partial charge is 0.344 e. The number of carbonyl (C=O) groups is 1. The molecule has 4 nitrogen and oxygen atoms in total. The normalized spacial score (nSPS) is 17.2. The van der Waals surface area contributed by atoms with E-state index in [4.69, 9.17) is 5.73 Å². The Bertz CT molecular complexity index is 608. The van der Waals surface area contributed by atoms with Crippen LogP contribution in [-0.4, -0.2) is 10.9 Å². The second kappa shape index (κ2) is 5.11. The maximum atomic E-state index is 12.1. The van der Waals surface area contributed by atoms with Gasteiger partial charge in [0.2, 0.25) is 0 Å². The second-order valence-corrected chi connectivity index (χ2v) is 5.54. The topological polar surface area (TPSA) is 68.0 Å². The SMILES string of the molecule is NCc1nc(C(=O)NC2CCc3ccccc32)cs1. The van der Waals surface area contributed by atoms with Gasteiger partial charge in [-0.2, -0.15) is 0 Å². The van der Waals surface area contributed by atoms with Crippen molar-refractivity contribution in [3.8, 4) is 0 Å². The van der Waals surface area contributed by atoms with Crippen LogP contribution in [0.5, 0.6) is 0 Å². The van der Waals surface area contributed by atoms with Crippen LogP contribution in [0, 0.1) is 0 Å². The average Bonchev–Trinajstić information content (AvgIpc) is 3.06. The fraction of sp³-hybridized carbons (Fsp3) is 0.286. The molecule has 98 valence electrons. The number of hydrogen-bond donors (Lipinski definition) is 2. The highest BCUT2D eigenvalue weighted by Crippen LogP contribution is 2.30. The summed E-state index contributed by atoms with van der Waals surface area (Å²) in [6.45, 7) is 0.379. The number of nitrogens with two attached hydrogens (primary N) is 1. The van der Waals surface area contributed by atoms with Gasteiger partial charge < -0.3 is 11.1 Å². The minimum absolute atomic E-state index is 0.103. The molecule has 1 aliphatic rings. The molecule has 3 rings (SSSR count). The molecule has 0 aliphatic heterocycles. The molecule has 5 heteroatoms. The average molecular weight is 273 g/mol. The van der Waals surface area contributed by atoms with Gasteiger partial charge in [-0.25, -0.2) is 4.98 Å². The lowest BCUT2D eigenvalue weighted by Crippen LogP contribution is -2.27. The maximum absolute atomic E-state index is 12.1. The van der Waals surface area contributed by atoms with E-state index in [1.54, 1.807) is 5.38 Å². The maximum Gasteiger partial charge on any atom is 0.271 e. The lowest BCUT2D eigenvalue weighted by molar-refractivity contribution is 0.0932. The number of thiazole rings is 1. The predicted molar refractivity (Wildman–Crippen MR) is 75.0 cm³/mol. The fourth-order valence-electron chi connectivity index (χ4n) is 2.45. The lowest BCUT2D eigenvalue weighted by Gasteiger charge is -2.12. The zero-order chi connectivity index (χ0) is 13.2. The van der Waals surface area contributed by atoms with Crippen molar-refractivity contribution < 1.29 is 4.79 Å². The molecular formula is C14H15N3OS. The van der Waals surface area contributed by atoms with Crippen molar-refractivity contribution >= 4 is 17.2 Å². The van der Waals surface area contributed by atoms with Gasteiger partial charge in [-0.15, -0.1) is 11.3 Å².